The quantitative estimate of drug-likeness (QED) is 0.802. The number of nitrogens with zero attached hydrogens (tertiary/aromatic N) is 3. The number of aromatic nitrogens is 2. The fraction of sp³-hybridized carbons (Fsp3) is 0.353. The Balaban J connectivity index is 2.07. The molecule has 2 N–H and O–H groups in total. The Hall–Kier alpha value is -2.74. The van der Waals surface area contributed by atoms with Gasteiger partial charge in [-0.05, 0) is 19.1 Å². The Labute approximate surface area is 157 Å². The van der Waals surface area contributed by atoms with E-state index in [9.17, 15) is 4.79 Å². The Bertz CT molecular complexity index is 798. The zero-order valence-corrected chi connectivity index (χ0v) is 16.1. The van der Waals surface area contributed by atoms with Crippen LogP contribution in [0.3, 0.4) is 0 Å². The maximum atomic E-state index is 12.2. The van der Waals surface area contributed by atoms with Crippen molar-refractivity contribution in [1.29, 1.82) is 0 Å². The third-order valence-electron chi connectivity index (χ3n) is 3.45. The third kappa shape index (κ3) is 4.89. The number of methoxy groups -OCH3 is 2. The van der Waals surface area contributed by atoms with Gasteiger partial charge in [-0.25, -0.2) is 14.8 Å². The van der Waals surface area contributed by atoms with Crippen LogP contribution < -0.4 is 25.0 Å². The van der Waals surface area contributed by atoms with Gasteiger partial charge in [0.15, 0.2) is 0 Å². The summed E-state index contributed by atoms with van der Waals surface area (Å²) in [6.07, 6.45) is 0. The van der Waals surface area contributed by atoms with Crippen molar-refractivity contribution in [2.24, 2.45) is 0 Å². The highest BCUT2D eigenvalue weighted by Crippen LogP contribution is 2.35. The summed E-state index contributed by atoms with van der Waals surface area (Å²) in [4.78, 5) is 22.7. The van der Waals surface area contributed by atoms with Gasteiger partial charge in [0, 0.05) is 25.9 Å². The molecule has 9 heteroatoms. The smallest absolute Gasteiger partial charge is 0.319 e. The van der Waals surface area contributed by atoms with E-state index in [1.54, 1.807) is 17.0 Å². The predicted octanol–water partition coefficient (Wildman–Crippen LogP) is 2.84. The zero-order chi connectivity index (χ0) is 19.3. The van der Waals surface area contributed by atoms with Crippen molar-refractivity contribution in [3.05, 3.63) is 34.6 Å². The van der Waals surface area contributed by atoms with Crippen molar-refractivity contribution in [3.8, 4) is 11.5 Å². The molecule has 0 saturated carbocycles. The van der Waals surface area contributed by atoms with Crippen LogP contribution in [0.2, 0.25) is 5.02 Å². The van der Waals surface area contributed by atoms with E-state index in [1.807, 2.05) is 27.1 Å². The Morgan fingerprint density at radius 3 is 2.46 bits per heavy atom. The number of anilines is 2. The van der Waals surface area contributed by atoms with Crippen LogP contribution in [0.25, 0.3) is 0 Å². The molecule has 26 heavy (non-hydrogen) atoms. The minimum atomic E-state index is -0.410. The maximum Gasteiger partial charge on any atom is 0.319 e. The molecular formula is C17H22ClN5O3. The number of nitrogens with one attached hydrogen (secondary N) is 2. The number of hydrogen-bond acceptors (Lipinski definition) is 6. The van der Waals surface area contributed by atoms with Gasteiger partial charge < -0.3 is 25.0 Å². The van der Waals surface area contributed by atoms with Gasteiger partial charge in [0.05, 0.1) is 37.2 Å². The summed E-state index contributed by atoms with van der Waals surface area (Å²) in [5.74, 6) is 1.49. The van der Waals surface area contributed by atoms with E-state index in [2.05, 4.69) is 20.6 Å². The van der Waals surface area contributed by atoms with Crippen LogP contribution in [-0.4, -0.2) is 44.3 Å². The Morgan fingerprint density at radius 1 is 1.15 bits per heavy atom. The third-order valence-corrected chi connectivity index (χ3v) is 3.74. The van der Waals surface area contributed by atoms with E-state index in [-0.39, 0.29) is 6.54 Å². The second-order valence-corrected chi connectivity index (χ2v) is 6.10. The van der Waals surface area contributed by atoms with Gasteiger partial charge in [0.1, 0.15) is 11.5 Å². The van der Waals surface area contributed by atoms with E-state index in [0.717, 1.165) is 5.69 Å². The summed E-state index contributed by atoms with van der Waals surface area (Å²) >= 11 is 6.11. The standard InChI is InChI=1S/C17H22ClN5O3/c1-10-6-11(21-16(20-10)23(2)3)9-19-17(24)22-13-7-12(18)14(25-4)8-15(13)26-5/h6-8H,9H2,1-5H3,(H2,19,22,24). The van der Waals surface area contributed by atoms with Crippen LogP contribution in [0, 0.1) is 6.92 Å². The average molecular weight is 380 g/mol. The topological polar surface area (TPSA) is 88.6 Å². The highest BCUT2D eigenvalue weighted by atomic mass is 35.5. The highest BCUT2D eigenvalue weighted by Gasteiger charge is 2.13. The first-order valence-corrected chi connectivity index (χ1v) is 8.20. The second-order valence-electron chi connectivity index (χ2n) is 5.69. The van der Waals surface area contributed by atoms with E-state index < -0.39 is 6.03 Å². The molecule has 0 radical (unpaired) electrons. The van der Waals surface area contributed by atoms with E-state index in [0.29, 0.717) is 33.9 Å². The lowest BCUT2D eigenvalue weighted by Crippen LogP contribution is -2.29. The minimum Gasteiger partial charge on any atom is -0.495 e. The lowest BCUT2D eigenvalue weighted by Gasteiger charge is -2.14. The Kier molecular flexibility index (Phi) is 6.46. The van der Waals surface area contributed by atoms with E-state index in [1.165, 1.54) is 14.2 Å². The lowest BCUT2D eigenvalue weighted by molar-refractivity contribution is 0.251. The number of urea groups is 1. The molecule has 8 nitrogen and oxygen atoms in total. The van der Waals surface area contributed by atoms with Crippen LogP contribution in [-0.2, 0) is 6.54 Å². The maximum absolute atomic E-state index is 12.2. The first-order chi connectivity index (χ1) is 12.3. The minimum absolute atomic E-state index is 0.252. The number of aryl methyl sites for hydroxylation is 1. The molecule has 0 aliphatic carbocycles. The first kappa shape index (κ1) is 19.6. The summed E-state index contributed by atoms with van der Waals surface area (Å²) in [6, 6.07) is 4.58. The molecule has 0 fully saturated rings. The summed E-state index contributed by atoms with van der Waals surface area (Å²) < 4.78 is 10.4. The van der Waals surface area contributed by atoms with Crippen LogP contribution in [0.5, 0.6) is 11.5 Å². The van der Waals surface area contributed by atoms with Crippen LogP contribution in [0.4, 0.5) is 16.4 Å². The van der Waals surface area contributed by atoms with Gasteiger partial charge in [0.25, 0.3) is 0 Å². The number of benzene rings is 1. The van der Waals surface area contributed by atoms with Gasteiger partial charge in [-0.2, -0.15) is 0 Å². The number of ether oxygens (including phenoxy) is 2. The molecule has 1 aromatic heterocycles. The van der Waals surface area contributed by atoms with E-state index in [4.69, 9.17) is 21.1 Å². The molecule has 0 saturated heterocycles. The average Bonchev–Trinajstić information content (AvgIpc) is 2.59. The molecule has 2 aromatic rings. The molecule has 0 bridgehead atoms. The van der Waals surface area contributed by atoms with Crippen molar-refractivity contribution in [3.63, 3.8) is 0 Å². The molecule has 140 valence electrons. The van der Waals surface area contributed by atoms with Crippen molar-refractivity contribution in [2.45, 2.75) is 13.5 Å². The van der Waals surface area contributed by atoms with Gasteiger partial charge in [-0.15, -0.1) is 0 Å². The number of carbonyl (C=O) groups excluding carboxylic acids is 1. The summed E-state index contributed by atoms with van der Waals surface area (Å²) in [6.45, 7) is 2.13. The molecule has 1 aromatic carbocycles. The van der Waals surface area contributed by atoms with Crippen molar-refractivity contribution in [2.75, 3.05) is 38.5 Å². The molecule has 0 spiro atoms. The molecule has 2 rings (SSSR count). The number of hydrogen-bond donors (Lipinski definition) is 2. The van der Waals surface area contributed by atoms with Gasteiger partial charge >= 0.3 is 6.03 Å². The fourth-order valence-electron chi connectivity index (χ4n) is 2.20. The molecular weight excluding hydrogens is 358 g/mol. The normalized spacial score (nSPS) is 10.2. The lowest BCUT2D eigenvalue weighted by atomic mass is 10.2. The van der Waals surface area contributed by atoms with Crippen LogP contribution in [0.15, 0.2) is 18.2 Å². The van der Waals surface area contributed by atoms with Crippen LogP contribution >= 0.6 is 11.6 Å². The zero-order valence-electron chi connectivity index (χ0n) is 15.4. The summed E-state index contributed by atoms with van der Waals surface area (Å²) in [5, 5.41) is 5.82. The second kappa shape index (κ2) is 8.57. The fourth-order valence-corrected chi connectivity index (χ4v) is 2.44. The molecule has 0 unspecified atom stereocenters. The van der Waals surface area contributed by atoms with Crippen molar-refractivity contribution < 1.29 is 14.3 Å². The number of rotatable bonds is 6. The van der Waals surface area contributed by atoms with Gasteiger partial charge in [-0.3, -0.25) is 0 Å². The molecule has 1 heterocycles. The number of carbonyl (C=O) groups is 1. The summed E-state index contributed by atoms with van der Waals surface area (Å²) in [7, 11) is 6.72. The highest BCUT2D eigenvalue weighted by molar-refractivity contribution is 6.32. The summed E-state index contributed by atoms with van der Waals surface area (Å²) in [5.41, 5.74) is 1.96. The molecule has 0 aliphatic heterocycles. The van der Waals surface area contributed by atoms with Crippen LogP contribution in [0.1, 0.15) is 11.4 Å². The first-order valence-electron chi connectivity index (χ1n) is 7.82. The SMILES string of the molecule is COc1cc(OC)c(NC(=O)NCc2cc(C)nc(N(C)C)n2)cc1Cl. The monoisotopic (exact) mass is 379 g/mol. The molecule has 0 aliphatic rings. The number of amides is 2. The largest absolute Gasteiger partial charge is 0.495 e. The van der Waals surface area contributed by atoms with Gasteiger partial charge in [0.2, 0.25) is 5.95 Å². The van der Waals surface area contributed by atoms with E-state index >= 15 is 0 Å². The van der Waals surface area contributed by atoms with Crippen molar-refractivity contribution in [1.82, 2.24) is 15.3 Å². The Morgan fingerprint density at radius 2 is 1.85 bits per heavy atom. The van der Waals surface area contributed by atoms with Gasteiger partial charge in [-0.1, -0.05) is 11.6 Å². The predicted molar refractivity (Wildman–Crippen MR) is 102 cm³/mol. The van der Waals surface area contributed by atoms with Crippen molar-refractivity contribution >= 4 is 29.3 Å². The molecule has 2 amide bonds. The number of halogens is 1. The molecule has 0 atom stereocenters.